The fraction of sp³-hybridized carbons (Fsp3) is 0.438. The van der Waals surface area contributed by atoms with E-state index in [1.54, 1.807) is 4.90 Å². The van der Waals surface area contributed by atoms with Gasteiger partial charge in [0.05, 0.1) is 0 Å². The standard InChI is InChI=1S/C16H19FN4O2/c1-11(2)14-18-16(23-19-14)21-9-7-20(8-10-21)15(22)12-3-5-13(17)6-4-12/h3-6,11H,7-10H2,1-2H3. The molecular formula is C16H19FN4O2. The third-order valence-corrected chi connectivity index (χ3v) is 3.88. The minimum atomic E-state index is -0.344. The van der Waals surface area contributed by atoms with Gasteiger partial charge in [0, 0.05) is 37.7 Å². The molecule has 1 amide bonds. The van der Waals surface area contributed by atoms with E-state index in [-0.39, 0.29) is 17.6 Å². The van der Waals surface area contributed by atoms with E-state index in [9.17, 15) is 9.18 Å². The van der Waals surface area contributed by atoms with Crippen molar-refractivity contribution in [1.82, 2.24) is 15.0 Å². The number of carbonyl (C=O) groups is 1. The number of carbonyl (C=O) groups excluding carboxylic acids is 1. The molecule has 23 heavy (non-hydrogen) atoms. The molecule has 0 radical (unpaired) electrons. The Hall–Kier alpha value is -2.44. The van der Waals surface area contributed by atoms with Crippen LogP contribution < -0.4 is 4.90 Å². The number of benzene rings is 1. The van der Waals surface area contributed by atoms with Crippen LogP contribution in [0.25, 0.3) is 0 Å². The highest BCUT2D eigenvalue weighted by atomic mass is 19.1. The number of piperazine rings is 1. The second-order valence-electron chi connectivity index (χ2n) is 5.88. The van der Waals surface area contributed by atoms with E-state index in [2.05, 4.69) is 10.1 Å². The number of aromatic nitrogens is 2. The molecule has 1 aliphatic heterocycles. The molecular weight excluding hydrogens is 299 g/mol. The van der Waals surface area contributed by atoms with Crippen molar-refractivity contribution in [2.24, 2.45) is 0 Å². The smallest absolute Gasteiger partial charge is 0.324 e. The second kappa shape index (κ2) is 6.36. The molecule has 0 aliphatic carbocycles. The van der Waals surface area contributed by atoms with Crippen LogP contribution in [-0.4, -0.2) is 47.1 Å². The predicted molar refractivity (Wildman–Crippen MR) is 82.9 cm³/mol. The first kappa shape index (κ1) is 15.5. The van der Waals surface area contributed by atoms with Crippen molar-refractivity contribution < 1.29 is 13.7 Å². The van der Waals surface area contributed by atoms with E-state index in [1.807, 2.05) is 18.7 Å². The summed E-state index contributed by atoms with van der Waals surface area (Å²) >= 11 is 0. The summed E-state index contributed by atoms with van der Waals surface area (Å²) in [6, 6.07) is 6.13. The monoisotopic (exact) mass is 318 g/mol. The Labute approximate surface area is 133 Å². The van der Waals surface area contributed by atoms with E-state index in [0.717, 1.165) is 0 Å². The number of nitrogens with zero attached hydrogens (tertiary/aromatic N) is 4. The van der Waals surface area contributed by atoms with Gasteiger partial charge in [0.15, 0.2) is 5.82 Å². The maximum absolute atomic E-state index is 12.9. The minimum Gasteiger partial charge on any atom is -0.335 e. The van der Waals surface area contributed by atoms with Crippen molar-refractivity contribution in [2.75, 3.05) is 31.1 Å². The first-order valence-corrected chi connectivity index (χ1v) is 7.68. The molecule has 0 saturated carbocycles. The molecule has 3 rings (SSSR count). The lowest BCUT2D eigenvalue weighted by Gasteiger charge is -2.33. The van der Waals surface area contributed by atoms with Gasteiger partial charge in [-0.15, -0.1) is 0 Å². The Bertz CT molecular complexity index is 676. The lowest BCUT2D eigenvalue weighted by Crippen LogP contribution is -2.49. The van der Waals surface area contributed by atoms with E-state index in [0.29, 0.717) is 43.6 Å². The summed E-state index contributed by atoms with van der Waals surface area (Å²) in [5.41, 5.74) is 0.500. The SMILES string of the molecule is CC(C)c1noc(N2CCN(C(=O)c3ccc(F)cc3)CC2)n1. The molecule has 1 saturated heterocycles. The van der Waals surface area contributed by atoms with Crippen molar-refractivity contribution in [1.29, 1.82) is 0 Å². The van der Waals surface area contributed by atoms with E-state index in [4.69, 9.17) is 4.52 Å². The van der Waals surface area contributed by atoms with Crippen molar-refractivity contribution in [3.05, 3.63) is 41.5 Å². The van der Waals surface area contributed by atoms with Gasteiger partial charge in [0.2, 0.25) is 0 Å². The molecule has 0 atom stereocenters. The first-order chi connectivity index (χ1) is 11.0. The summed E-state index contributed by atoms with van der Waals surface area (Å²) < 4.78 is 18.2. The first-order valence-electron chi connectivity index (χ1n) is 7.68. The Morgan fingerprint density at radius 1 is 1.17 bits per heavy atom. The van der Waals surface area contributed by atoms with Crippen LogP contribution in [0, 0.1) is 5.82 Å². The Kier molecular flexibility index (Phi) is 4.27. The van der Waals surface area contributed by atoms with Crippen LogP contribution in [0.5, 0.6) is 0 Å². The summed E-state index contributed by atoms with van der Waals surface area (Å²) in [6.45, 7) is 6.41. The molecule has 1 aromatic carbocycles. The van der Waals surface area contributed by atoms with E-state index < -0.39 is 0 Å². The third-order valence-electron chi connectivity index (χ3n) is 3.88. The highest BCUT2D eigenvalue weighted by Crippen LogP contribution is 2.18. The molecule has 2 aromatic rings. The highest BCUT2D eigenvalue weighted by molar-refractivity contribution is 5.94. The second-order valence-corrected chi connectivity index (χ2v) is 5.88. The van der Waals surface area contributed by atoms with Crippen molar-refractivity contribution in [3.63, 3.8) is 0 Å². The fourth-order valence-electron chi connectivity index (χ4n) is 2.47. The number of hydrogen-bond donors (Lipinski definition) is 0. The average Bonchev–Trinajstić information content (AvgIpc) is 3.05. The predicted octanol–water partition coefficient (Wildman–Crippen LogP) is 2.29. The molecule has 6 nitrogen and oxygen atoms in total. The van der Waals surface area contributed by atoms with Crippen molar-refractivity contribution in [2.45, 2.75) is 19.8 Å². The molecule has 2 heterocycles. The van der Waals surface area contributed by atoms with Crippen molar-refractivity contribution >= 4 is 11.9 Å². The summed E-state index contributed by atoms with van der Waals surface area (Å²) in [5.74, 6) is 0.473. The number of halogens is 1. The van der Waals surface area contributed by atoms with Crippen LogP contribution in [0.15, 0.2) is 28.8 Å². The van der Waals surface area contributed by atoms with Crippen LogP contribution in [0.4, 0.5) is 10.4 Å². The van der Waals surface area contributed by atoms with E-state index in [1.165, 1.54) is 24.3 Å². The van der Waals surface area contributed by atoms with E-state index >= 15 is 0 Å². The number of hydrogen-bond acceptors (Lipinski definition) is 5. The zero-order valence-electron chi connectivity index (χ0n) is 13.2. The van der Waals surface area contributed by atoms with Crippen LogP contribution in [0.2, 0.25) is 0 Å². The molecule has 1 aromatic heterocycles. The van der Waals surface area contributed by atoms with Crippen LogP contribution >= 0.6 is 0 Å². The fourth-order valence-corrected chi connectivity index (χ4v) is 2.47. The van der Waals surface area contributed by atoms with Gasteiger partial charge in [-0.05, 0) is 24.3 Å². The topological polar surface area (TPSA) is 62.5 Å². The van der Waals surface area contributed by atoms with Crippen LogP contribution in [0.3, 0.4) is 0 Å². The molecule has 7 heteroatoms. The zero-order chi connectivity index (χ0) is 16.4. The van der Waals surface area contributed by atoms with Crippen LogP contribution in [0.1, 0.15) is 35.9 Å². The largest absolute Gasteiger partial charge is 0.335 e. The highest BCUT2D eigenvalue weighted by Gasteiger charge is 2.25. The maximum atomic E-state index is 12.9. The van der Waals surface area contributed by atoms with Crippen molar-refractivity contribution in [3.8, 4) is 0 Å². The lowest BCUT2D eigenvalue weighted by atomic mass is 10.2. The molecule has 122 valence electrons. The lowest BCUT2D eigenvalue weighted by molar-refractivity contribution is 0.0744. The zero-order valence-corrected chi connectivity index (χ0v) is 13.2. The molecule has 1 fully saturated rings. The Balaban J connectivity index is 1.61. The summed E-state index contributed by atoms with van der Waals surface area (Å²) in [7, 11) is 0. The Morgan fingerprint density at radius 2 is 1.83 bits per heavy atom. The van der Waals surface area contributed by atoms with Gasteiger partial charge >= 0.3 is 6.01 Å². The molecule has 0 unspecified atom stereocenters. The quantitative estimate of drug-likeness (QED) is 0.869. The molecule has 1 aliphatic rings. The molecule has 0 bridgehead atoms. The number of amides is 1. The summed E-state index contributed by atoms with van der Waals surface area (Å²) in [6.07, 6.45) is 0. The Morgan fingerprint density at radius 3 is 2.39 bits per heavy atom. The van der Waals surface area contributed by atoms with Gasteiger partial charge < -0.3 is 14.3 Å². The minimum absolute atomic E-state index is 0.0851. The molecule has 0 spiro atoms. The summed E-state index contributed by atoms with van der Waals surface area (Å²) in [4.78, 5) is 20.5. The molecule has 0 N–H and O–H groups in total. The summed E-state index contributed by atoms with van der Waals surface area (Å²) in [5, 5.41) is 3.96. The van der Waals surface area contributed by atoms with Gasteiger partial charge in [-0.25, -0.2) is 4.39 Å². The van der Waals surface area contributed by atoms with Gasteiger partial charge in [-0.3, -0.25) is 4.79 Å². The van der Waals surface area contributed by atoms with Gasteiger partial charge in [0.25, 0.3) is 5.91 Å². The maximum Gasteiger partial charge on any atom is 0.324 e. The third kappa shape index (κ3) is 3.33. The number of anilines is 1. The van der Waals surface area contributed by atoms with Crippen LogP contribution in [-0.2, 0) is 0 Å². The average molecular weight is 318 g/mol. The van der Waals surface area contributed by atoms with Gasteiger partial charge in [-0.2, -0.15) is 4.98 Å². The number of rotatable bonds is 3. The normalized spacial score (nSPS) is 15.3. The van der Waals surface area contributed by atoms with Gasteiger partial charge in [-0.1, -0.05) is 19.0 Å². The van der Waals surface area contributed by atoms with Gasteiger partial charge in [0.1, 0.15) is 5.82 Å².